The molecule has 1 heterocycles. The second-order valence-corrected chi connectivity index (χ2v) is 13.0. The number of fused-ring (bicyclic) bond motifs is 1. The van der Waals surface area contributed by atoms with Crippen LogP contribution in [0.3, 0.4) is 0 Å². The van der Waals surface area contributed by atoms with Gasteiger partial charge in [-0.1, -0.05) is 49.1 Å². The molecule has 0 radical (unpaired) electrons. The van der Waals surface area contributed by atoms with Crippen LogP contribution in [-0.4, -0.2) is 32.6 Å². The number of halogens is 3. The molecule has 248 valence electrons. The van der Waals surface area contributed by atoms with Crippen molar-refractivity contribution in [2.45, 2.75) is 70.1 Å². The number of nitrogens with zero attached hydrogens (tertiary/aromatic N) is 2. The van der Waals surface area contributed by atoms with E-state index in [1.807, 2.05) is 42.5 Å². The lowest BCUT2D eigenvalue weighted by molar-refractivity contribution is 0.0696. The van der Waals surface area contributed by atoms with Gasteiger partial charge in [-0.25, -0.2) is 14.2 Å². The number of carboxylic acid groups (broad SMARTS) is 1. The van der Waals surface area contributed by atoms with Crippen molar-refractivity contribution in [2.75, 3.05) is 0 Å². The molecule has 0 unspecified atom stereocenters. The van der Waals surface area contributed by atoms with Gasteiger partial charge in [-0.3, -0.25) is 4.79 Å². The third kappa shape index (κ3) is 6.91. The lowest BCUT2D eigenvalue weighted by atomic mass is 9.92. The van der Waals surface area contributed by atoms with Crippen LogP contribution in [0.5, 0.6) is 5.75 Å². The maximum Gasteiger partial charge on any atom is 0.335 e. The van der Waals surface area contributed by atoms with Crippen LogP contribution >= 0.6 is 24.0 Å². The molecule has 10 heteroatoms. The summed E-state index contributed by atoms with van der Waals surface area (Å²) in [6.07, 6.45) is 8.33. The minimum atomic E-state index is -1.03. The van der Waals surface area contributed by atoms with Gasteiger partial charge >= 0.3 is 5.97 Å². The van der Waals surface area contributed by atoms with Crippen molar-refractivity contribution in [3.63, 3.8) is 0 Å². The van der Waals surface area contributed by atoms with Gasteiger partial charge in [0.05, 0.1) is 22.2 Å². The number of benzene rings is 4. The van der Waals surface area contributed by atoms with Gasteiger partial charge in [0.2, 0.25) is 0 Å². The average Bonchev–Trinajstić information content (AvgIpc) is 3.44. The molecule has 4 aromatic carbocycles. The monoisotopic (exact) mass is 687 g/mol. The summed E-state index contributed by atoms with van der Waals surface area (Å²) in [5.41, 5.74) is 4.94. The number of amides is 1. The molecule has 2 saturated carbocycles. The highest BCUT2D eigenvalue weighted by Crippen LogP contribution is 2.38. The lowest BCUT2D eigenvalue weighted by Crippen LogP contribution is -2.39. The Bertz CT molecular complexity index is 1970. The average molecular weight is 689 g/mol. The van der Waals surface area contributed by atoms with Crippen LogP contribution in [-0.2, 0) is 6.61 Å². The number of nitrogens with one attached hydrogen (secondary N) is 1. The number of aromatic nitrogens is 2. The highest BCUT2D eigenvalue weighted by Gasteiger charge is 2.25. The van der Waals surface area contributed by atoms with E-state index in [-0.39, 0.29) is 42.6 Å². The standard InChI is InChI=1S/C38H35ClFN3O4.ClH/c39-27-13-9-23(10-14-27)31-16-11-24(37(44)41-28-5-4-6-28)19-26(31)22-47-30-15-17-32(33(40)21-30)36-42-34-20-25(38(45)46)12-18-35(34)43(36)29-7-2-1-3-8-29;/h9-21,28-29H,1-8,22H2,(H,41,44)(H,45,46);1H. The molecular formula is C38H36Cl2FN3O4. The van der Waals surface area contributed by atoms with Crippen LogP contribution in [0.4, 0.5) is 4.39 Å². The van der Waals surface area contributed by atoms with E-state index in [1.54, 1.807) is 30.3 Å². The van der Waals surface area contributed by atoms with E-state index < -0.39 is 11.8 Å². The molecule has 0 bridgehead atoms. The van der Waals surface area contributed by atoms with E-state index in [0.717, 1.165) is 73.6 Å². The highest BCUT2D eigenvalue weighted by molar-refractivity contribution is 6.30. The van der Waals surface area contributed by atoms with Crippen molar-refractivity contribution in [2.24, 2.45) is 0 Å². The molecular weight excluding hydrogens is 652 g/mol. The van der Waals surface area contributed by atoms with E-state index >= 15 is 4.39 Å². The van der Waals surface area contributed by atoms with Crippen LogP contribution in [0, 0.1) is 5.82 Å². The van der Waals surface area contributed by atoms with Crippen molar-refractivity contribution in [1.29, 1.82) is 0 Å². The van der Waals surface area contributed by atoms with Gasteiger partial charge in [-0.2, -0.15) is 0 Å². The largest absolute Gasteiger partial charge is 0.489 e. The van der Waals surface area contributed by atoms with Gasteiger partial charge in [0.1, 0.15) is 24.0 Å². The Morgan fingerprint density at radius 1 is 0.875 bits per heavy atom. The summed E-state index contributed by atoms with van der Waals surface area (Å²) in [7, 11) is 0. The Kier molecular flexibility index (Phi) is 10.0. The Labute approximate surface area is 289 Å². The number of rotatable bonds is 9. The first kappa shape index (κ1) is 33.5. The van der Waals surface area contributed by atoms with Gasteiger partial charge in [0.25, 0.3) is 5.91 Å². The second kappa shape index (κ2) is 14.4. The summed E-state index contributed by atoms with van der Waals surface area (Å²) in [6.45, 7) is 0.111. The molecule has 5 aromatic rings. The Hall–Kier alpha value is -4.40. The van der Waals surface area contributed by atoms with E-state index in [9.17, 15) is 14.7 Å². The van der Waals surface area contributed by atoms with Gasteiger partial charge in [0, 0.05) is 28.7 Å². The number of ether oxygens (including phenoxy) is 1. The Morgan fingerprint density at radius 3 is 2.29 bits per heavy atom. The van der Waals surface area contributed by atoms with Crippen LogP contribution in [0.2, 0.25) is 5.02 Å². The molecule has 7 rings (SSSR count). The first-order valence-electron chi connectivity index (χ1n) is 16.2. The fourth-order valence-corrected chi connectivity index (χ4v) is 6.77. The maximum absolute atomic E-state index is 16.0. The number of carbonyl (C=O) groups is 2. The van der Waals surface area contributed by atoms with Crippen molar-refractivity contribution in [3.05, 3.63) is 106 Å². The summed E-state index contributed by atoms with van der Waals surface area (Å²) in [6, 6.07) is 23.0. The predicted molar refractivity (Wildman–Crippen MR) is 188 cm³/mol. The molecule has 0 aliphatic heterocycles. The molecule has 2 aliphatic carbocycles. The topological polar surface area (TPSA) is 93.5 Å². The third-order valence-corrected chi connectivity index (χ3v) is 9.67. The van der Waals surface area contributed by atoms with Gasteiger partial charge in [0.15, 0.2) is 0 Å². The minimum Gasteiger partial charge on any atom is -0.489 e. The number of aromatic carboxylic acids is 1. The molecule has 0 saturated heterocycles. The Morgan fingerprint density at radius 2 is 1.60 bits per heavy atom. The number of carbonyl (C=O) groups excluding carboxylic acids is 1. The summed E-state index contributed by atoms with van der Waals surface area (Å²) in [5.74, 6) is -0.817. The summed E-state index contributed by atoms with van der Waals surface area (Å²) >= 11 is 6.14. The zero-order chi connectivity index (χ0) is 32.5. The summed E-state index contributed by atoms with van der Waals surface area (Å²) in [4.78, 5) is 29.4. The molecule has 0 spiro atoms. The minimum absolute atomic E-state index is 0. The highest BCUT2D eigenvalue weighted by atomic mass is 35.5. The quantitative estimate of drug-likeness (QED) is 0.161. The van der Waals surface area contributed by atoms with E-state index in [1.165, 1.54) is 6.07 Å². The zero-order valence-corrected chi connectivity index (χ0v) is 27.8. The van der Waals surface area contributed by atoms with Crippen molar-refractivity contribution < 1.29 is 23.8 Å². The second-order valence-electron chi connectivity index (χ2n) is 12.5. The van der Waals surface area contributed by atoms with Crippen molar-refractivity contribution in [3.8, 4) is 28.3 Å². The number of hydrogen-bond acceptors (Lipinski definition) is 4. The summed E-state index contributed by atoms with van der Waals surface area (Å²) < 4.78 is 24.2. The molecule has 0 atom stereocenters. The molecule has 2 N–H and O–H groups in total. The fraction of sp³-hybridized carbons (Fsp3) is 0.289. The van der Waals surface area contributed by atoms with E-state index in [4.69, 9.17) is 21.3 Å². The molecule has 1 amide bonds. The Balaban J connectivity index is 0.00000401. The van der Waals surface area contributed by atoms with Gasteiger partial charge < -0.3 is 19.7 Å². The van der Waals surface area contributed by atoms with Crippen molar-refractivity contribution >= 4 is 46.9 Å². The van der Waals surface area contributed by atoms with Crippen molar-refractivity contribution in [1.82, 2.24) is 14.9 Å². The van der Waals surface area contributed by atoms with Gasteiger partial charge in [-0.05, 0) is 103 Å². The molecule has 2 fully saturated rings. The lowest BCUT2D eigenvalue weighted by Gasteiger charge is -2.26. The van der Waals surface area contributed by atoms with Gasteiger partial charge in [-0.15, -0.1) is 12.4 Å². The first-order valence-corrected chi connectivity index (χ1v) is 16.6. The number of carboxylic acids is 1. The zero-order valence-electron chi connectivity index (χ0n) is 26.3. The SMILES string of the molecule is Cl.O=C(O)c1ccc2c(c1)nc(-c1ccc(OCc3cc(C(=O)NC4CCC4)ccc3-c3ccc(Cl)cc3)cc1F)n2C1CCCCC1. The molecule has 1 aromatic heterocycles. The number of hydrogen-bond donors (Lipinski definition) is 2. The number of imidazole rings is 1. The maximum atomic E-state index is 16.0. The van der Waals surface area contributed by atoms with E-state index in [0.29, 0.717) is 33.2 Å². The molecule has 48 heavy (non-hydrogen) atoms. The predicted octanol–water partition coefficient (Wildman–Crippen LogP) is 9.65. The van der Waals surface area contributed by atoms with Crippen LogP contribution < -0.4 is 10.1 Å². The van der Waals surface area contributed by atoms with Crippen LogP contribution in [0.15, 0.2) is 78.9 Å². The molecule has 2 aliphatic rings. The third-order valence-electron chi connectivity index (χ3n) is 9.42. The van der Waals surface area contributed by atoms with Crippen LogP contribution in [0.25, 0.3) is 33.5 Å². The normalized spacial score (nSPS) is 15.0. The fourth-order valence-electron chi connectivity index (χ4n) is 6.65. The van der Waals surface area contributed by atoms with E-state index in [2.05, 4.69) is 9.88 Å². The smallest absolute Gasteiger partial charge is 0.335 e. The van der Waals surface area contributed by atoms with Crippen LogP contribution in [0.1, 0.15) is 83.7 Å². The summed E-state index contributed by atoms with van der Waals surface area (Å²) in [5, 5.41) is 13.3. The molecule has 7 nitrogen and oxygen atoms in total. The first-order chi connectivity index (χ1) is 22.8.